The number of benzene rings is 1. The van der Waals surface area contributed by atoms with Gasteiger partial charge in [-0.2, -0.15) is 14.8 Å². The van der Waals surface area contributed by atoms with Gasteiger partial charge in [0.05, 0.1) is 22.6 Å². The number of aryl methyl sites for hydroxylation is 1. The molecule has 8 heteroatoms. The zero-order chi connectivity index (χ0) is 16.2. The molecule has 0 aliphatic heterocycles. The number of carbonyl (C=O) groups is 1. The second kappa shape index (κ2) is 6.35. The molecule has 0 aliphatic carbocycles. The van der Waals surface area contributed by atoms with E-state index in [0.717, 1.165) is 6.07 Å². The number of carboxylic acid groups (broad SMARTS) is 1. The smallest absolute Gasteiger partial charge is 0.335 e. The minimum atomic E-state index is -4.11. The van der Waals surface area contributed by atoms with E-state index in [4.69, 9.17) is 15.6 Å². The van der Waals surface area contributed by atoms with Gasteiger partial charge in [-0.3, -0.25) is 0 Å². The number of rotatable bonds is 5. The van der Waals surface area contributed by atoms with Gasteiger partial charge < -0.3 is 5.11 Å². The first-order valence-electron chi connectivity index (χ1n) is 5.84. The lowest BCUT2D eigenvalue weighted by atomic mass is 10.1. The monoisotopic (exact) mass is 307 g/mol. The number of aromatic carboxylic acids is 1. The third-order valence-electron chi connectivity index (χ3n) is 2.98. The molecule has 0 bridgehead atoms. The molecule has 7 nitrogen and oxygen atoms in total. The Balaban J connectivity index is 3.54. The highest BCUT2D eigenvalue weighted by atomic mass is 32.2. The Kier molecular flexibility index (Phi) is 5.03. The molecule has 1 aromatic carbocycles. The van der Waals surface area contributed by atoms with Gasteiger partial charge in [-0.05, 0) is 37.1 Å². The highest BCUT2D eigenvalue weighted by Crippen LogP contribution is 2.24. The molecule has 110 valence electrons. The third-order valence-corrected chi connectivity index (χ3v) is 4.90. The molecule has 0 heterocycles. The van der Waals surface area contributed by atoms with E-state index in [1.165, 1.54) is 6.07 Å². The number of hydrogen-bond acceptors (Lipinski definition) is 5. The summed E-state index contributed by atoms with van der Waals surface area (Å²) >= 11 is 0. The Morgan fingerprint density at radius 1 is 1.24 bits per heavy atom. The van der Waals surface area contributed by atoms with Gasteiger partial charge in [0.25, 0.3) is 0 Å². The van der Waals surface area contributed by atoms with Crippen LogP contribution in [0.2, 0.25) is 0 Å². The molecule has 0 atom stereocenters. The van der Waals surface area contributed by atoms with Gasteiger partial charge in [-0.25, -0.2) is 13.2 Å². The molecule has 0 amide bonds. The SMILES string of the molecule is Cc1cc(C(=O)O)cc(S(=O)(=O)N(CC#N)CC#N)c1C. The van der Waals surface area contributed by atoms with Gasteiger partial charge in [-0.15, -0.1) is 0 Å². The van der Waals surface area contributed by atoms with E-state index >= 15 is 0 Å². The molecule has 1 aromatic rings. The number of carboxylic acids is 1. The maximum absolute atomic E-state index is 12.5. The van der Waals surface area contributed by atoms with E-state index in [1.54, 1.807) is 26.0 Å². The van der Waals surface area contributed by atoms with Crippen LogP contribution in [-0.2, 0) is 10.0 Å². The van der Waals surface area contributed by atoms with Gasteiger partial charge in [0.2, 0.25) is 10.0 Å². The van der Waals surface area contributed by atoms with Gasteiger partial charge in [-0.1, -0.05) is 0 Å². The summed E-state index contributed by atoms with van der Waals surface area (Å²) in [5.74, 6) is -1.25. The fourth-order valence-corrected chi connectivity index (χ4v) is 3.30. The van der Waals surface area contributed by atoms with Crippen LogP contribution in [0.5, 0.6) is 0 Å². The first kappa shape index (κ1) is 16.6. The summed E-state index contributed by atoms with van der Waals surface area (Å²) < 4.78 is 25.7. The number of hydrogen-bond donors (Lipinski definition) is 1. The Morgan fingerprint density at radius 3 is 2.19 bits per heavy atom. The van der Waals surface area contributed by atoms with Crippen LogP contribution < -0.4 is 0 Å². The van der Waals surface area contributed by atoms with Crippen molar-refractivity contribution >= 4 is 16.0 Å². The molecular formula is C13H13N3O4S. The fourth-order valence-electron chi connectivity index (χ4n) is 1.74. The average molecular weight is 307 g/mol. The van der Waals surface area contributed by atoms with E-state index in [9.17, 15) is 13.2 Å². The summed E-state index contributed by atoms with van der Waals surface area (Å²) in [6, 6.07) is 5.77. The Labute approximate surface area is 122 Å². The van der Waals surface area contributed by atoms with E-state index in [-0.39, 0.29) is 10.5 Å². The zero-order valence-corrected chi connectivity index (χ0v) is 12.3. The molecule has 0 unspecified atom stereocenters. The summed E-state index contributed by atoms with van der Waals surface area (Å²) in [4.78, 5) is 10.8. The van der Waals surface area contributed by atoms with Crippen molar-refractivity contribution in [3.8, 4) is 12.1 Å². The first-order valence-corrected chi connectivity index (χ1v) is 7.28. The zero-order valence-electron chi connectivity index (χ0n) is 11.5. The van der Waals surface area contributed by atoms with Crippen molar-refractivity contribution in [1.82, 2.24) is 4.31 Å². The summed E-state index contributed by atoms with van der Waals surface area (Å²) in [7, 11) is -4.11. The molecule has 0 aromatic heterocycles. The minimum Gasteiger partial charge on any atom is -0.478 e. The molecule has 0 fully saturated rings. The number of nitrogens with zero attached hydrogens (tertiary/aromatic N) is 3. The second-order valence-corrected chi connectivity index (χ2v) is 6.22. The molecule has 0 spiro atoms. The quantitative estimate of drug-likeness (QED) is 0.811. The maximum Gasteiger partial charge on any atom is 0.335 e. The Bertz CT molecular complexity index is 741. The minimum absolute atomic E-state index is 0.162. The van der Waals surface area contributed by atoms with Crippen molar-refractivity contribution in [3.05, 3.63) is 28.8 Å². The maximum atomic E-state index is 12.5. The normalized spacial score (nSPS) is 10.9. The molecule has 1 rings (SSSR count). The van der Waals surface area contributed by atoms with Crippen molar-refractivity contribution in [3.63, 3.8) is 0 Å². The predicted octanol–water partition coefficient (Wildman–Crippen LogP) is 1.04. The lowest BCUT2D eigenvalue weighted by Crippen LogP contribution is -2.32. The van der Waals surface area contributed by atoms with Gasteiger partial charge in [0.1, 0.15) is 13.1 Å². The predicted molar refractivity (Wildman–Crippen MR) is 72.9 cm³/mol. The van der Waals surface area contributed by atoms with Crippen LogP contribution >= 0.6 is 0 Å². The molecule has 1 N–H and O–H groups in total. The van der Waals surface area contributed by atoms with E-state index in [2.05, 4.69) is 0 Å². The van der Waals surface area contributed by atoms with Crippen molar-refractivity contribution in [2.75, 3.05) is 13.1 Å². The van der Waals surface area contributed by atoms with Gasteiger partial charge in [0.15, 0.2) is 0 Å². The second-order valence-electron chi connectivity index (χ2n) is 4.31. The first-order chi connectivity index (χ1) is 9.75. The summed E-state index contributed by atoms with van der Waals surface area (Å²) in [5, 5.41) is 26.4. The summed E-state index contributed by atoms with van der Waals surface area (Å²) in [6.07, 6.45) is 0. The van der Waals surface area contributed by atoms with Crippen molar-refractivity contribution in [1.29, 1.82) is 10.5 Å². The van der Waals surface area contributed by atoms with Crippen LogP contribution in [0.3, 0.4) is 0 Å². The molecule has 0 saturated carbocycles. The van der Waals surface area contributed by atoms with Crippen molar-refractivity contribution in [2.45, 2.75) is 18.7 Å². The highest BCUT2D eigenvalue weighted by Gasteiger charge is 2.27. The summed E-state index contributed by atoms with van der Waals surface area (Å²) in [6.45, 7) is 2.18. The molecule has 21 heavy (non-hydrogen) atoms. The number of nitriles is 2. The van der Waals surface area contributed by atoms with Crippen LogP contribution in [-0.4, -0.2) is 36.9 Å². The van der Waals surface area contributed by atoms with Crippen LogP contribution in [0.15, 0.2) is 17.0 Å². The topological polar surface area (TPSA) is 122 Å². The van der Waals surface area contributed by atoms with Crippen LogP contribution in [0.1, 0.15) is 21.5 Å². The average Bonchev–Trinajstić information content (AvgIpc) is 2.40. The molecule has 0 radical (unpaired) electrons. The van der Waals surface area contributed by atoms with Gasteiger partial charge in [0, 0.05) is 0 Å². The standard InChI is InChI=1S/C13H13N3O4S/c1-9-7-11(13(17)18)8-12(10(9)2)21(19,20)16(5-3-14)6-4-15/h7-8H,5-6H2,1-2H3,(H,17,18). The third kappa shape index (κ3) is 3.37. The van der Waals surface area contributed by atoms with E-state index < -0.39 is 29.1 Å². The Hall–Kier alpha value is -2.42. The lowest BCUT2D eigenvalue weighted by molar-refractivity contribution is 0.0696. The summed E-state index contributed by atoms with van der Waals surface area (Å²) in [5.41, 5.74) is 0.730. The van der Waals surface area contributed by atoms with Crippen LogP contribution in [0, 0.1) is 36.5 Å². The Morgan fingerprint density at radius 2 is 1.76 bits per heavy atom. The highest BCUT2D eigenvalue weighted by molar-refractivity contribution is 7.89. The van der Waals surface area contributed by atoms with Crippen molar-refractivity contribution < 1.29 is 18.3 Å². The van der Waals surface area contributed by atoms with Crippen molar-refractivity contribution in [2.24, 2.45) is 0 Å². The van der Waals surface area contributed by atoms with Crippen LogP contribution in [0.4, 0.5) is 0 Å². The fraction of sp³-hybridized carbons (Fsp3) is 0.308. The van der Waals surface area contributed by atoms with Crippen LogP contribution in [0.25, 0.3) is 0 Å². The van der Waals surface area contributed by atoms with E-state index in [1.807, 2.05) is 0 Å². The number of sulfonamides is 1. The molecule has 0 saturated heterocycles. The molecule has 0 aliphatic rings. The molecular weight excluding hydrogens is 294 g/mol. The van der Waals surface area contributed by atoms with Gasteiger partial charge >= 0.3 is 5.97 Å². The van der Waals surface area contributed by atoms with E-state index in [0.29, 0.717) is 15.4 Å². The lowest BCUT2D eigenvalue weighted by Gasteiger charge is -2.18. The largest absolute Gasteiger partial charge is 0.478 e.